The average molecular weight is 230 g/mol. The van der Waals surface area contributed by atoms with Gasteiger partial charge in [0.05, 0.1) is 7.11 Å². The van der Waals surface area contributed by atoms with Gasteiger partial charge in [0.1, 0.15) is 5.75 Å². The molecule has 0 unspecified atom stereocenters. The van der Waals surface area contributed by atoms with Gasteiger partial charge >= 0.3 is 0 Å². The summed E-state index contributed by atoms with van der Waals surface area (Å²) in [5.74, 6) is 0.429. The van der Waals surface area contributed by atoms with Crippen molar-refractivity contribution in [2.75, 3.05) is 7.11 Å². The van der Waals surface area contributed by atoms with E-state index in [-0.39, 0.29) is 5.69 Å². The fourth-order valence-corrected chi connectivity index (χ4v) is 1.27. The molecule has 0 saturated heterocycles. The molecule has 4 nitrogen and oxygen atoms in total. The second-order valence-electron chi connectivity index (χ2n) is 3.22. The van der Waals surface area contributed by atoms with E-state index in [0.29, 0.717) is 17.0 Å². The Morgan fingerprint density at radius 3 is 2.82 bits per heavy atom. The first kappa shape index (κ1) is 12.7. The van der Waals surface area contributed by atoms with Crippen LogP contribution in [-0.4, -0.2) is 7.11 Å². The fraction of sp³-hybridized carbons (Fsp3) is 0.0769. The summed E-state index contributed by atoms with van der Waals surface area (Å²) in [6.07, 6.45) is 6.89. The van der Waals surface area contributed by atoms with Gasteiger partial charge in [-0.25, -0.2) is 0 Å². The van der Waals surface area contributed by atoms with E-state index >= 15 is 0 Å². The number of nitrogens with zero attached hydrogens (tertiary/aromatic N) is 1. The minimum absolute atomic E-state index is 0.231. The molecule has 0 aliphatic carbocycles. The predicted octanol–water partition coefficient (Wildman–Crippen LogP) is 3.13. The number of hydrogen-bond donors (Lipinski definition) is 1. The lowest BCUT2D eigenvalue weighted by Gasteiger charge is -2.05. The standard InChI is InChI=1S/C13H14N2O2/c1-3-4-5-6-11(14)10-7-8-13(17-2)12(9-10)15-16/h3-9H,1,14H2,2H3/b5-4-,11-6-. The van der Waals surface area contributed by atoms with Gasteiger partial charge in [-0.3, -0.25) is 0 Å². The van der Waals surface area contributed by atoms with Crippen molar-refractivity contribution >= 4 is 11.4 Å². The minimum atomic E-state index is 0.231. The molecule has 1 rings (SSSR count). The van der Waals surface area contributed by atoms with Crippen molar-refractivity contribution in [1.82, 2.24) is 0 Å². The van der Waals surface area contributed by atoms with Crippen LogP contribution in [0.1, 0.15) is 5.56 Å². The highest BCUT2D eigenvalue weighted by Gasteiger charge is 2.05. The lowest BCUT2D eigenvalue weighted by Crippen LogP contribution is -1.96. The molecule has 1 aromatic carbocycles. The van der Waals surface area contributed by atoms with Crippen molar-refractivity contribution < 1.29 is 4.74 Å². The van der Waals surface area contributed by atoms with E-state index in [2.05, 4.69) is 11.8 Å². The molecule has 2 N–H and O–H groups in total. The maximum atomic E-state index is 10.6. The Kier molecular flexibility index (Phi) is 4.69. The number of rotatable bonds is 5. The van der Waals surface area contributed by atoms with E-state index in [0.717, 1.165) is 0 Å². The van der Waals surface area contributed by atoms with E-state index in [4.69, 9.17) is 10.5 Å². The molecule has 0 amide bonds. The Bertz CT molecular complexity index is 476. The van der Waals surface area contributed by atoms with Crippen molar-refractivity contribution in [3.8, 4) is 5.75 Å². The van der Waals surface area contributed by atoms with Gasteiger partial charge in [0.2, 0.25) is 0 Å². The van der Waals surface area contributed by atoms with Gasteiger partial charge < -0.3 is 10.5 Å². The molecule has 88 valence electrons. The predicted molar refractivity (Wildman–Crippen MR) is 70.0 cm³/mol. The summed E-state index contributed by atoms with van der Waals surface area (Å²) in [5, 5.41) is 2.89. The molecular formula is C13H14N2O2. The van der Waals surface area contributed by atoms with Crippen LogP contribution in [0.25, 0.3) is 5.70 Å². The van der Waals surface area contributed by atoms with Crippen LogP contribution in [0.4, 0.5) is 5.69 Å². The largest absolute Gasteiger partial charge is 0.494 e. The van der Waals surface area contributed by atoms with Crippen LogP contribution < -0.4 is 10.5 Å². The highest BCUT2D eigenvalue weighted by molar-refractivity contribution is 5.69. The Hall–Kier alpha value is -2.36. The molecular weight excluding hydrogens is 216 g/mol. The molecule has 4 heteroatoms. The topological polar surface area (TPSA) is 64.7 Å². The van der Waals surface area contributed by atoms with E-state index in [1.54, 1.807) is 42.5 Å². The van der Waals surface area contributed by atoms with Crippen molar-refractivity contribution in [2.45, 2.75) is 0 Å². The van der Waals surface area contributed by atoms with Crippen molar-refractivity contribution in [2.24, 2.45) is 10.9 Å². The third kappa shape index (κ3) is 3.31. The number of methoxy groups -OCH3 is 1. The lowest BCUT2D eigenvalue weighted by atomic mass is 10.1. The second-order valence-corrected chi connectivity index (χ2v) is 3.22. The van der Waals surface area contributed by atoms with Gasteiger partial charge in [-0.1, -0.05) is 24.8 Å². The van der Waals surface area contributed by atoms with Gasteiger partial charge in [0.15, 0.2) is 5.69 Å². The number of nitroso groups, excluding NO2 is 1. The van der Waals surface area contributed by atoms with E-state index < -0.39 is 0 Å². The lowest BCUT2D eigenvalue weighted by molar-refractivity contribution is 0.416. The first-order chi connectivity index (χ1) is 8.22. The van der Waals surface area contributed by atoms with Crippen LogP contribution in [0, 0.1) is 4.91 Å². The van der Waals surface area contributed by atoms with Crippen LogP contribution in [0.3, 0.4) is 0 Å². The molecule has 0 heterocycles. The zero-order valence-corrected chi connectivity index (χ0v) is 9.59. The monoisotopic (exact) mass is 230 g/mol. The normalized spacial score (nSPS) is 11.5. The van der Waals surface area contributed by atoms with Gasteiger partial charge in [-0.15, -0.1) is 4.91 Å². The Labute approximate surface area is 100 Å². The Morgan fingerprint density at radius 2 is 2.24 bits per heavy atom. The zero-order valence-electron chi connectivity index (χ0n) is 9.59. The highest BCUT2D eigenvalue weighted by Crippen LogP contribution is 2.29. The Morgan fingerprint density at radius 1 is 1.47 bits per heavy atom. The third-order valence-electron chi connectivity index (χ3n) is 2.13. The number of hydrogen-bond acceptors (Lipinski definition) is 4. The highest BCUT2D eigenvalue weighted by atomic mass is 16.5. The molecule has 0 aliphatic heterocycles. The first-order valence-corrected chi connectivity index (χ1v) is 4.99. The SMILES string of the molecule is C=C/C=C\C=C(/N)c1ccc(OC)c(N=O)c1. The van der Waals surface area contributed by atoms with Crippen LogP contribution in [0.2, 0.25) is 0 Å². The molecule has 0 spiro atoms. The van der Waals surface area contributed by atoms with Gasteiger partial charge in [0, 0.05) is 5.70 Å². The summed E-state index contributed by atoms with van der Waals surface area (Å²) >= 11 is 0. The van der Waals surface area contributed by atoms with Crippen LogP contribution in [0.15, 0.2) is 54.3 Å². The quantitative estimate of drug-likeness (QED) is 0.624. The van der Waals surface area contributed by atoms with Crippen LogP contribution >= 0.6 is 0 Å². The summed E-state index contributed by atoms with van der Waals surface area (Å²) in [6, 6.07) is 5.00. The van der Waals surface area contributed by atoms with Crippen LogP contribution in [0.5, 0.6) is 5.75 Å². The van der Waals surface area contributed by atoms with Gasteiger partial charge in [-0.2, -0.15) is 0 Å². The van der Waals surface area contributed by atoms with Gasteiger partial charge in [0.25, 0.3) is 0 Å². The third-order valence-corrected chi connectivity index (χ3v) is 2.13. The number of nitrogens with two attached hydrogens (primary N) is 1. The fourth-order valence-electron chi connectivity index (χ4n) is 1.27. The van der Waals surface area contributed by atoms with Crippen molar-refractivity contribution in [1.29, 1.82) is 0 Å². The molecule has 0 fully saturated rings. The number of benzene rings is 1. The zero-order chi connectivity index (χ0) is 12.7. The number of ether oxygens (including phenoxy) is 1. The van der Waals surface area contributed by atoms with E-state index in [1.807, 2.05) is 0 Å². The summed E-state index contributed by atoms with van der Waals surface area (Å²) in [7, 11) is 1.48. The van der Waals surface area contributed by atoms with Gasteiger partial charge in [-0.05, 0) is 35.0 Å². The maximum Gasteiger partial charge on any atom is 0.150 e. The summed E-state index contributed by atoms with van der Waals surface area (Å²) < 4.78 is 4.99. The van der Waals surface area contributed by atoms with Crippen LogP contribution in [-0.2, 0) is 0 Å². The minimum Gasteiger partial charge on any atom is -0.494 e. The molecule has 0 bridgehead atoms. The Balaban J connectivity index is 3.07. The summed E-state index contributed by atoms with van der Waals surface area (Å²) in [4.78, 5) is 10.6. The molecule has 17 heavy (non-hydrogen) atoms. The molecule has 0 saturated carbocycles. The van der Waals surface area contributed by atoms with E-state index in [9.17, 15) is 4.91 Å². The maximum absolute atomic E-state index is 10.6. The second kappa shape index (κ2) is 6.27. The molecule has 1 aromatic rings. The smallest absolute Gasteiger partial charge is 0.150 e. The molecule has 0 aromatic heterocycles. The molecule has 0 atom stereocenters. The number of allylic oxidation sites excluding steroid dienone is 4. The molecule has 0 aliphatic rings. The first-order valence-electron chi connectivity index (χ1n) is 4.99. The average Bonchev–Trinajstić information content (AvgIpc) is 2.38. The molecule has 0 radical (unpaired) electrons. The summed E-state index contributed by atoms with van der Waals surface area (Å²) in [5.41, 5.74) is 7.33. The van der Waals surface area contributed by atoms with Crippen molar-refractivity contribution in [3.63, 3.8) is 0 Å². The van der Waals surface area contributed by atoms with Crippen molar-refractivity contribution in [3.05, 3.63) is 59.6 Å². The summed E-state index contributed by atoms with van der Waals surface area (Å²) in [6.45, 7) is 3.55. The van der Waals surface area contributed by atoms with E-state index in [1.165, 1.54) is 7.11 Å².